The zero-order valence-electron chi connectivity index (χ0n) is 11.7. The van der Waals surface area contributed by atoms with Crippen molar-refractivity contribution in [1.82, 2.24) is 10.3 Å². The number of hydrogen-bond acceptors (Lipinski definition) is 2. The highest BCUT2D eigenvalue weighted by Crippen LogP contribution is 2.26. The second kappa shape index (κ2) is 7.87. The number of benzene rings is 1. The first-order chi connectivity index (χ1) is 10.1. The molecule has 1 heterocycles. The number of nitrogens with one attached hydrogen (secondary N) is 1. The van der Waals surface area contributed by atoms with E-state index in [1.54, 1.807) is 18.3 Å². The molecular weight excluding hydrogens is 355 g/mol. The van der Waals surface area contributed by atoms with Crippen molar-refractivity contribution in [3.8, 4) is 0 Å². The highest BCUT2D eigenvalue weighted by molar-refractivity contribution is 9.10. The highest BCUT2D eigenvalue weighted by Gasteiger charge is 2.17. The SMILES string of the molecule is CCCNC(Cc1cc(Cl)ccc1F)c1ncccc1Br. The Bertz CT molecular complexity index is 607. The zero-order valence-corrected chi connectivity index (χ0v) is 14.1. The number of nitrogens with zero attached hydrogens (tertiary/aromatic N) is 1. The molecule has 0 amide bonds. The average Bonchev–Trinajstić information content (AvgIpc) is 2.48. The standard InChI is InChI=1S/C16H17BrClFN2/c1-2-7-20-15(16-13(17)4-3-8-21-16)10-11-9-12(18)5-6-14(11)19/h3-6,8-9,15,20H,2,7,10H2,1H3. The Morgan fingerprint density at radius 1 is 1.38 bits per heavy atom. The van der Waals surface area contributed by atoms with Crippen LogP contribution in [0.5, 0.6) is 0 Å². The van der Waals surface area contributed by atoms with Crippen molar-refractivity contribution < 1.29 is 4.39 Å². The van der Waals surface area contributed by atoms with Gasteiger partial charge in [0.1, 0.15) is 5.82 Å². The summed E-state index contributed by atoms with van der Waals surface area (Å²) in [7, 11) is 0. The lowest BCUT2D eigenvalue weighted by Crippen LogP contribution is -2.25. The summed E-state index contributed by atoms with van der Waals surface area (Å²) >= 11 is 9.48. The Balaban J connectivity index is 2.28. The molecule has 2 rings (SSSR count). The first-order valence-electron chi connectivity index (χ1n) is 6.89. The molecule has 1 atom stereocenters. The van der Waals surface area contributed by atoms with Gasteiger partial charge in [-0.3, -0.25) is 4.98 Å². The minimum Gasteiger partial charge on any atom is -0.308 e. The van der Waals surface area contributed by atoms with E-state index in [9.17, 15) is 4.39 Å². The Morgan fingerprint density at radius 2 is 2.19 bits per heavy atom. The fourth-order valence-corrected chi connectivity index (χ4v) is 2.88. The Morgan fingerprint density at radius 3 is 2.90 bits per heavy atom. The maximum absolute atomic E-state index is 13.9. The normalized spacial score (nSPS) is 12.4. The van der Waals surface area contributed by atoms with Crippen LogP contribution in [0.15, 0.2) is 41.0 Å². The maximum Gasteiger partial charge on any atom is 0.126 e. The fourth-order valence-electron chi connectivity index (χ4n) is 2.16. The van der Waals surface area contributed by atoms with Gasteiger partial charge in [-0.25, -0.2) is 4.39 Å². The van der Waals surface area contributed by atoms with E-state index in [2.05, 4.69) is 33.2 Å². The van der Waals surface area contributed by atoms with Crippen molar-refractivity contribution in [2.45, 2.75) is 25.8 Å². The lowest BCUT2D eigenvalue weighted by molar-refractivity contribution is 0.502. The van der Waals surface area contributed by atoms with Crippen LogP contribution in [0.2, 0.25) is 5.02 Å². The van der Waals surface area contributed by atoms with E-state index in [1.807, 2.05) is 12.1 Å². The van der Waals surface area contributed by atoms with E-state index in [1.165, 1.54) is 6.07 Å². The van der Waals surface area contributed by atoms with Crippen LogP contribution in [0.25, 0.3) is 0 Å². The number of rotatable bonds is 6. The summed E-state index contributed by atoms with van der Waals surface area (Å²) < 4.78 is 14.9. The number of hydrogen-bond donors (Lipinski definition) is 1. The molecule has 2 nitrogen and oxygen atoms in total. The minimum absolute atomic E-state index is 0.0616. The molecule has 0 aliphatic heterocycles. The van der Waals surface area contributed by atoms with Crippen LogP contribution in [0, 0.1) is 5.82 Å². The van der Waals surface area contributed by atoms with Gasteiger partial charge in [0.05, 0.1) is 11.7 Å². The molecule has 0 aliphatic rings. The third-order valence-corrected chi connectivity index (χ3v) is 4.10. The molecule has 0 bridgehead atoms. The summed E-state index contributed by atoms with van der Waals surface area (Å²) in [6, 6.07) is 8.39. The van der Waals surface area contributed by atoms with Crippen LogP contribution in [0.1, 0.15) is 30.6 Å². The van der Waals surface area contributed by atoms with Crippen molar-refractivity contribution in [2.24, 2.45) is 0 Å². The largest absolute Gasteiger partial charge is 0.308 e. The molecule has 5 heteroatoms. The van der Waals surface area contributed by atoms with E-state index >= 15 is 0 Å². The second-order valence-corrected chi connectivity index (χ2v) is 6.11. The van der Waals surface area contributed by atoms with Crippen molar-refractivity contribution in [2.75, 3.05) is 6.54 Å². The van der Waals surface area contributed by atoms with Crippen LogP contribution in [0.3, 0.4) is 0 Å². The Kier molecular flexibility index (Phi) is 6.15. The lowest BCUT2D eigenvalue weighted by Gasteiger charge is -2.19. The van der Waals surface area contributed by atoms with Gasteiger partial charge in [0.25, 0.3) is 0 Å². The zero-order chi connectivity index (χ0) is 15.2. The van der Waals surface area contributed by atoms with Gasteiger partial charge in [-0.05, 0) is 71.2 Å². The van der Waals surface area contributed by atoms with Crippen LogP contribution in [-0.4, -0.2) is 11.5 Å². The molecule has 1 unspecified atom stereocenters. The predicted molar refractivity (Wildman–Crippen MR) is 88.1 cm³/mol. The smallest absolute Gasteiger partial charge is 0.126 e. The van der Waals surface area contributed by atoms with Gasteiger partial charge < -0.3 is 5.32 Å². The van der Waals surface area contributed by atoms with Gasteiger partial charge >= 0.3 is 0 Å². The van der Waals surface area contributed by atoms with Crippen molar-refractivity contribution in [3.05, 3.63) is 63.1 Å². The average molecular weight is 372 g/mol. The van der Waals surface area contributed by atoms with Gasteiger partial charge in [-0.2, -0.15) is 0 Å². The van der Waals surface area contributed by atoms with E-state index in [0.717, 1.165) is 23.1 Å². The van der Waals surface area contributed by atoms with Gasteiger partial charge in [-0.15, -0.1) is 0 Å². The van der Waals surface area contributed by atoms with Gasteiger partial charge in [0, 0.05) is 15.7 Å². The fraction of sp³-hybridized carbons (Fsp3) is 0.312. The van der Waals surface area contributed by atoms with Crippen molar-refractivity contribution >= 4 is 27.5 Å². The molecule has 2 aromatic rings. The van der Waals surface area contributed by atoms with Gasteiger partial charge in [-0.1, -0.05) is 18.5 Å². The molecule has 112 valence electrons. The van der Waals surface area contributed by atoms with Crippen LogP contribution in [0.4, 0.5) is 4.39 Å². The van der Waals surface area contributed by atoms with E-state index in [0.29, 0.717) is 17.0 Å². The first-order valence-corrected chi connectivity index (χ1v) is 8.06. The number of halogens is 3. The molecule has 1 aromatic carbocycles. The van der Waals surface area contributed by atoms with E-state index in [-0.39, 0.29) is 11.9 Å². The molecule has 0 saturated heterocycles. The summed E-state index contributed by atoms with van der Waals surface area (Å²) in [6.07, 6.45) is 3.25. The summed E-state index contributed by atoms with van der Waals surface area (Å²) in [5.41, 5.74) is 1.47. The Labute approximate surface area is 137 Å². The quantitative estimate of drug-likeness (QED) is 0.779. The summed E-state index contributed by atoms with van der Waals surface area (Å²) in [4.78, 5) is 4.41. The molecule has 0 spiro atoms. The Hall–Kier alpha value is -0.970. The third-order valence-electron chi connectivity index (χ3n) is 3.19. The van der Waals surface area contributed by atoms with Gasteiger partial charge in [0.2, 0.25) is 0 Å². The summed E-state index contributed by atoms with van der Waals surface area (Å²) in [6.45, 7) is 2.94. The monoisotopic (exact) mass is 370 g/mol. The number of aromatic nitrogens is 1. The van der Waals surface area contributed by atoms with Crippen molar-refractivity contribution in [1.29, 1.82) is 0 Å². The first kappa shape index (κ1) is 16.4. The van der Waals surface area contributed by atoms with Crippen LogP contribution >= 0.6 is 27.5 Å². The molecule has 21 heavy (non-hydrogen) atoms. The molecule has 1 N–H and O–H groups in total. The van der Waals surface area contributed by atoms with Gasteiger partial charge in [0.15, 0.2) is 0 Å². The topological polar surface area (TPSA) is 24.9 Å². The van der Waals surface area contributed by atoms with Crippen LogP contribution in [-0.2, 0) is 6.42 Å². The summed E-state index contributed by atoms with van der Waals surface area (Å²) in [5, 5.41) is 3.96. The summed E-state index contributed by atoms with van der Waals surface area (Å²) in [5.74, 6) is -0.241. The molecule has 0 aliphatic carbocycles. The molecule has 0 fully saturated rings. The molecule has 0 saturated carbocycles. The van der Waals surface area contributed by atoms with E-state index < -0.39 is 0 Å². The van der Waals surface area contributed by atoms with E-state index in [4.69, 9.17) is 11.6 Å². The number of pyridine rings is 1. The molecular formula is C16H17BrClFN2. The minimum atomic E-state index is -0.241. The van der Waals surface area contributed by atoms with Crippen LogP contribution < -0.4 is 5.32 Å². The van der Waals surface area contributed by atoms with Crippen molar-refractivity contribution in [3.63, 3.8) is 0 Å². The maximum atomic E-state index is 13.9. The highest BCUT2D eigenvalue weighted by atomic mass is 79.9. The third kappa shape index (κ3) is 4.50. The lowest BCUT2D eigenvalue weighted by atomic mass is 10.0. The predicted octanol–water partition coefficient (Wildman–Crippen LogP) is 4.92. The molecule has 0 radical (unpaired) electrons. The second-order valence-electron chi connectivity index (χ2n) is 4.82. The molecule has 1 aromatic heterocycles.